The van der Waals surface area contributed by atoms with Crippen LogP contribution in [0.1, 0.15) is 101 Å². The molecule has 0 aromatic carbocycles. The molecule has 0 radical (unpaired) electrons. The van der Waals surface area contributed by atoms with Crippen LogP contribution in [0.4, 0.5) is 4.39 Å². The maximum Gasteiger partial charge on any atom is 0.104 e. The number of rotatable bonds is 11. The highest BCUT2D eigenvalue weighted by Gasteiger charge is 2.41. The summed E-state index contributed by atoms with van der Waals surface area (Å²) >= 11 is 0. The van der Waals surface area contributed by atoms with Gasteiger partial charge in [-0.1, -0.05) is 75.2 Å². The fourth-order valence-electron chi connectivity index (χ4n) is 5.08. The molecule has 6 unspecified atom stereocenters. The summed E-state index contributed by atoms with van der Waals surface area (Å²) in [4.78, 5) is 0. The SMILES string of the molecule is CCCC(C)CC(F)C(C(C)C)C(CC(C)C(C)C1CC1)C(C)(C)C. The Balaban J connectivity index is 2.89. The van der Waals surface area contributed by atoms with Crippen molar-refractivity contribution >= 4 is 0 Å². The fraction of sp³-hybridized carbons (Fsp3) is 1.00. The van der Waals surface area contributed by atoms with E-state index in [1.807, 2.05) is 0 Å². The summed E-state index contributed by atoms with van der Waals surface area (Å²) in [7, 11) is 0. The molecular weight excluding hydrogens is 307 g/mol. The van der Waals surface area contributed by atoms with Gasteiger partial charge in [-0.25, -0.2) is 4.39 Å². The average Bonchev–Trinajstić information content (AvgIpc) is 3.28. The predicted octanol–water partition coefficient (Wildman–Crippen LogP) is 8.16. The zero-order valence-corrected chi connectivity index (χ0v) is 18.7. The van der Waals surface area contributed by atoms with Crippen LogP contribution in [0.25, 0.3) is 0 Å². The third-order valence-electron chi connectivity index (χ3n) is 7.06. The van der Waals surface area contributed by atoms with E-state index in [0.717, 1.165) is 24.7 Å². The molecule has 0 N–H and O–H groups in total. The Bertz CT molecular complexity index is 363. The standard InChI is InChI=1S/C24H47F/c1-10-11-17(4)14-22(25)23(16(2)3)21(24(7,8)9)15-18(5)19(6)20-12-13-20/h16-23H,10-15H2,1-9H3. The van der Waals surface area contributed by atoms with Crippen molar-refractivity contribution in [2.24, 2.45) is 46.8 Å². The van der Waals surface area contributed by atoms with Crippen molar-refractivity contribution in [1.29, 1.82) is 0 Å². The smallest absolute Gasteiger partial charge is 0.104 e. The zero-order valence-electron chi connectivity index (χ0n) is 18.7. The Morgan fingerprint density at radius 1 is 0.960 bits per heavy atom. The Morgan fingerprint density at radius 2 is 1.52 bits per heavy atom. The zero-order chi connectivity index (χ0) is 19.4. The van der Waals surface area contributed by atoms with Gasteiger partial charge in [-0.05, 0) is 72.5 Å². The van der Waals surface area contributed by atoms with Crippen molar-refractivity contribution in [3.8, 4) is 0 Å². The van der Waals surface area contributed by atoms with Crippen LogP contribution in [-0.4, -0.2) is 6.17 Å². The van der Waals surface area contributed by atoms with Gasteiger partial charge in [-0.3, -0.25) is 0 Å². The van der Waals surface area contributed by atoms with Gasteiger partial charge in [-0.15, -0.1) is 0 Å². The molecule has 6 atom stereocenters. The van der Waals surface area contributed by atoms with Gasteiger partial charge < -0.3 is 0 Å². The van der Waals surface area contributed by atoms with Gasteiger partial charge in [-0.2, -0.15) is 0 Å². The highest BCUT2D eigenvalue weighted by atomic mass is 19.1. The van der Waals surface area contributed by atoms with Gasteiger partial charge in [0.05, 0.1) is 0 Å². The van der Waals surface area contributed by atoms with E-state index < -0.39 is 6.17 Å². The maximum absolute atomic E-state index is 15.5. The Hall–Kier alpha value is -0.0700. The quantitative estimate of drug-likeness (QED) is 0.351. The van der Waals surface area contributed by atoms with E-state index in [1.54, 1.807) is 0 Å². The minimum Gasteiger partial charge on any atom is -0.247 e. The summed E-state index contributed by atoms with van der Waals surface area (Å²) in [5.41, 5.74) is 0.171. The molecule has 25 heavy (non-hydrogen) atoms. The summed E-state index contributed by atoms with van der Waals surface area (Å²) in [6, 6.07) is 0. The van der Waals surface area contributed by atoms with Crippen molar-refractivity contribution in [2.45, 2.75) is 107 Å². The molecule has 0 amide bonds. The molecule has 1 saturated carbocycles. The second kappa shape index (κ2) is 9.75. The molecule has 0 heterocycles. The molecule has 0 aromatic heterocycles. The molecule has 1 aliphatic rings. The third kappa shape index (κ3) is 7.22. The summed E-state index contributed by atoms with van der Waals surface area (Å²) in [5, 5.41) is 0. The normalized spacial score (nSPS) is 23.2. The summed E-state index contributed by atoms with van der Waals surface area (Å²) in [6.45, 7) is 20.8. The second-order valence-corrected chi connectivity index (χ2v) is 10.8. The second-order valence-electron chi connectivity index (χ2n) is 10.8. The van der Waals surface area contributed by atoms with Gasteiger partial charge in [0.15, 0.2) is 0 Å². The van der Waals surface area contributed by atoms with Crippen LogP contribution in [0.15, 0.2) is 0 Å². The lowest BCUT2D eigenvalue weighted by Crippen LogP contribution is -2.39. The first-order chi connectivity index (χ1) is 11.5. The minimum absolute atomic E-state index is 0.171. The van der Waals surface area contributed by atoms with Crippen molar-refractivity contribution in [2.75, 3.05) is 0 Å². The third-order valence-corrected chi connectivity index (χ3v) is 7.06. The first-order valence-corrected chi connectivity index (χ1v) is 11.1. The van der Waals surface area contributed by atoms with Gasteiger partial charge in [0, 0.05) is 0 Å². The molecule has 1 aliphatic carbocycles. The van der Waals surface area contributed by atoms with E-state index in [4.69, 9.17) is 0 Å². The Labute approximate surface area is 158 Å². The van der Waals surface area contributed by atoms with Crippen LogP contribution in [0.5, 0.6) is 0 Å². The number of halogens is 1. The van der Waals surface area contributed by atoms with Crippen LogP contribution >= 0.6 is 0 Å². The molecule has 0 aliphatic heterocycles. The van der Waals surface area contributed by atoms with Crippen LogP contribution < -0.4 is 0 Å². The first kappa shape index (κ1) is 23.0. The minimum atomic E-state index is -0.658. The fourth-order valence-corrected chi connectivity index (χ4v) is 5.08. The molecule has 0 nitrogen and oxygen atoms in total. The van der Waals surface area contributed by atoms with Crippen LogP contribution in [0.2, 0.25) is 0 Å². The summed E-state index contributed by atoms with van der Waals surface area (Å²) in [5.74, 6) is 4.02. The maximum atomic E-state index is 15.5. The lowest BCUT2D eigenvalue weighted by molar-refractivity contribution is 0.0198. The van der Waals surface area contributed by atoms with Crippen molar-refractivity contribution in [1.82, 2.24) is 0 Å². The van der Waals surface area contributed by atoms with E-state index in [9.17, 15) is 0 Å². The highest BCUT2D eigenvalue weighted by molar-refractivity contribution is 4.90. The predicted molar refractivity (Wildman–Crippen MR) is 111 cm³/mol. The first-order valence-electron chi connectivity index (χ1n) is 11.1. The van der Waals surface area contributed by atoms with Crippen molar-refractivity contribution in [3.05, 3.63) is 0 Å². The van der Waals surface area contributed by atoms with E-state index in [2.05, 4.69) is 62.3 Å². The van der Waals surface area contributed by atoms with Crippen molar-refractivity contribution < 1.29 is 4.39 Å². The molecule has 0 aromatic rings. The average molecular weight is 355 g/mol. The molecule has 150 valence electrons. The van der Waals surface area contributed by atoms with Crippen LogP contribution in [0.3, 0.4) is 0 Å². The lowest BCUT2D eigenvalue weighted by Gasteiger charge is -2.43. The number of alkyl halides is 1. The Morgan fingerprint density at radius 3 is 1.92 bits per heavy atom. The summed E-state index contributed by atoms with van der Waals surface area (Å²) < 4.78 is 15.5. The monoisotopic (exact) mass is 354 g/mol. The molecule has 1 fully saturated rings. The van der Waals surface area contributed by atoms with E-state index >= 15 is 4.39 Å². The molecule has 0 saturated heterocycles. The molecule has 1 heteroatoms. The summed E-state index contributed by atoms with van der Waals surface area (Å²) in [6.07, 6.45) is 6.43. The highest BCUT2D eigenvalue weighted by Crippen LogP contribution is 2.48. The Kier molecular flexibility index (Phi) is 8.95. The van der Waals surface area contributed by atoms with E-state index in [0.29, 0.717) is 23.7 Å². The lowest BCUT2D eigenvalue weighted by atomic mass is 9.63. The number of hydrogen-bond donors (Lipinski definition) is 0. The van der Waals surface area contributed by atoms with Gasteiger partial charge >= 0.3 is 0 Å². The molecule has 1 rings (SSSR count). The van der Waals surface area contributed by atoms with Gasteiger partial charge in [0.1, 0.15) is 6.17 Å². The van der Waals surface area contributed by atoms with E-state index in [-0.39, 0.29) is 11.3 Å². The van der Waals surface area contributed by atoms with Crippen LogP contribution in [0, 0.1) is 46.8 Å². The van der Waals surface area contributed by atoms with Gasteiger partial charge in [0.2, 0.25) is 0 Å². The van der Waals surface area contributed by atoms with Crippen LogP contribution in [-0.2, 0) is 0 Å². The van der Waals surface area contributed by atoms with E-state index in [1.165, 1.54) is 25.7 Å². The molecular formula is C24H47F. The molecule has 0 bridgehead atoms. The van der Waals surface area contributed by atoms with Gasteiger partial charge in [0.25, 0.3) is 0 Å². The topological polar surface area (TPSA) is 0 Å². The largest absolute Gasteiger partial charge is 0.247 e. The molecule has 0 spiro atoms. The van der Waals surface area contributed by atoms with Crippen molar-refractivity contribution in [3.63, 3.8) is 0 Å². The number of hydrogen-bond acceptors (Lipinski definition) is 0.